The molecule has 1 amide bonds. The van der Waals surface area contributed by atoms with Crippen molar-refractivity contribution in [2.24, 2.45) is 0 Å². The van der Waals surface area contributed by atoms with E-state index in [4.69, 9.17) is 5.11 Å². The predicted octanol–water partition coefficient (Wildman–Crippen LogP) is 2.08. The zero-order chi connectivity index (χ0) is 10.1. The Balaban J connectivity index is 2.73. The lowest BCUT2D eigenvalue weighted by atomic mass is 10.0. The summed E-state index contributed by atoms with van der Waals surface area (Å²) in [4.78, 5) is 10.9. The summed E-state index contributed by atoms with van der Waals surface area (Å²) in [5, 5.41) is 8.50. The molecule has 0 aromatic heterocycles. The number of hydrogen-bond acceptors (Lipinski definition) is 1. The van der Waals surface area contributed by atoms with Crippen molar-refractivity contribution in [3.05, 3.63) is 0 Å². The van der Waals surface area contributed by atoms with Crippen molar-refractivity contribution in [1.82, 2.24) is 4.90 Å². The van der Waals surface area contributed by atoms with Crippen molar-refractivity contribution in [3.8, 4) is 0 Å². The normalized spacial score (nSPS) is 24.5. The largest absolute Gasteiger partial charge is 0.465 e. The summed E-state index contributed by atoms with van der Waals surface area (Å²) in [5.74, 6) is 0. The second kappa shape index (κ2) is 3.43. The molecule has 0 aromatic rings. The fourth-order valence-corrected chi connectivity index (χ4v) is 1.50. The molecule has 1 heterocycles. The Hall–Kier alpha value is -0.940. The highest BCUT2D eigenvalue weighted by Crippen LogP contribution is 2.31. The van der Waals surface area contributed by atoms with Crippen LogP contribution in [-0.4, -0.2) is 34.9 Å². The lowest BCUT2D eigenvalue weighted by Gasteiger charge is -2.34. The highest BCUT2D eigenvalue weighted by Gasteiger charge is 2.46. The quantitative estimate of drug-likeness (QED) is 0.645. The third-order valence-corrected chi connectivity index (χ3v) is 2.13. The summed E-state index contributed by atoms with van der Waals surface area (Å²) < 4.78 is 36.7. The summed E-state index contributed by atoms with van der Waals surface area (Å²) in [6, 6.07) is -1.81. The van der Waals surface area contributed by atoms with Crippen LogP contribution in [0, 0.1) is 0 Å². The molecule has 0 spiro atoms. The molecule has 1 aliphatic heterocycles. The van der Waals surface area contributed by atoms with Gasteiger partial charge in [0.2, 0.25) is 0 Å². The van der Waals surface area contributed by atoms with Gasteiger partial charge in [0.05, 0.1) is 0 Å². The minimum Gasteiger partial charge on any atom is -0.465 e. The first-order chi connectivity index (χ1) is 5.93. The molecule has 0 aliphatic carbocycles. The van der Waals surface area contributed by atoms with Crippen LogP contribution in [0.3, 0.4) is 0 Å². The molecule has 0 bridgehead atoms. The van der Waals surface area contributed by atoms with Gasteiger partial charge in [0.15, 0.2) is 0 Å². The monoisotopic (exact) mass is 197 g/mol. The molecule has 1 atom stereocenters. The standard InChI is InChI=1S/C7H10F3NO2/c8-7(9,10)5-3-1-2-4-11(5)6(12)13/h5H,1-4H2,(H,12,13)/t5-/m0/s1. The Morgan fingerprint density at radius 3 is 2.38 bits per heavy atom. The Bertz CT molecular complexity index is 204. The summed E-state index contributed by atoms with van der Waals surface area (Å²) in [5.41, 5.74) is 0. The Kier molecular flexibility index (Phi) is 2.68. The zero-order valence-corrected chi connectivity index (χ0v) is 6.84. The maximum absolute atomic E-state index is 12.2. The maximum Gasteiger partial charge on any atom is 0.408 e. The van der Waals surface area contributed by atoms with Crippen LogP contribution in [0.25, 0.3) is 0 Å². The third-order valence-electron chi connectivity index (χ3n) is 2.13. The zero-order valence-electron chi connectivity index (χ0n) is 6.84. The van der Waals surface area contributed by atoms with Gasteiger partial charge in [-0.3, -0.25) is 4.90 Å². The number of alkyl halides is 3. The molecular weight excluding hydrogens is 187 g/mol. The number of hydrogen-bond donors (Lipinski definition) is 1. The number of carboxylic acid groups (broad SMARTS) is 1. The maximum atomic E-state index is 12.2. The van der Waals surface area contributed by atoms with Gasteiger partial charge in [-0.2, -0.15) is 13.2 Å². The molecule has 76 valence electrons. The van der Waals surface area contributed by atoms with Crippen molar-refractivity contribution in [3.63, 3.8) is 0 Å². The van der Waals surface area contributed by atoms with E-state index < -0.39 is 18.3 Å². The molecule has 13 heavy (non-hydrogen) atoms. The number of halogens is 3. The summed E-state index contributed by atoms with van der Waals surface area (Å²) in [6.07, 6.45) is -5.08. The first kappa shape index (κ1) is 10.1. The molecule has 1 aliphatic rings. The molecule has 0 saturated carbocycles. The molecule has 0 radical (unpaired) electrons. The van der Waals surface area contributed by atoms with Crippen molar-refractivity contribution in [1.29, 1.82) is 0 Å². The number of piperidine rings is 1. The van der Waals surface area contributed by atoms with Crippen LogP contribution in [0.1, 0.15) is 19.3 Å². The first-order valence-electron chi connectivity index (χ1n) is 3.99. The van der Waals surface area contributed by atoms with E-state index in [1.54, 1.807) is 0 Å². The van der Waals surface area contributed by atoms with Gasteiger partial charge in [-0.05, 0) is 19.3 Å². The number of likely N-dealkylation sites (tertiary alicyclic amines) is 1. The molecule has 0 unspecified atom stereocenters. The van der Waals surface area contributed by atoms with Crippen molar-refractivity contribution in [2.75, 3.05) is 6.54 Å². The van der Waals surface area contributed by atoms with Crippen LogP contribution >= 0.6 is 0 Å². The molecule has 1 saturated heterocycles. The topological polar surface area (TPSA) is 40.5 Å². The van der Waals surface area contributed by atoms with Crippen LogP contribution in [0.4, 0.5) is 18.0 Å². The van der Waals surface area contributed by atoms with E-state index in [0.29, 0.717) is 17.7 Å². The van der Waals surface area contributed by atoms with Crippen LogP contribution < -0.4 is 0 Å². The van der Waals surface area contributed by atoms with Gasteiger partial charge < -0.3 is 5.11 Å². The van der Waals surface area contributed by atoms with Crippen LogP contribution in [0.5, 0.6) is 0 Å². The fraction of sp³-hybridized carbons (Fsp3) is 0.857. The van der Waals surface area contributed by atoms with E-state index in [9.17, 15) is 18.0 Å². The van der Waals surface area contributed by atoms with Crippen molar-refractivity contribution in [2.45, 2.75) is 31.5 Å². The second-order valence-corrected chi connectivity index (χ2v) is 3.03. The van der Waals surface area contributed by atoms with Crippen LogP contribution in [-0.2, 0) is 0 Å². The summed E-state index contributed by atoms with van der Waals surface area (Å²) in [7, 11) is 0. The van der Waals surface area contributed by atoms with E-state index in [-0.39, 0.29) is 13.0 Å². The van der Waals surface area contributed by atoms with E-state index in [1.807, 2.05) is 0 Å². The van der Waals surface area contributed by atoms with E-state index in [0.717, 1.165) is 0 Å². The van der Waals surface area contributed by atoms with Gasteiger partial charge in [-0.15, -0.1) is 0 Å². The first-order valence-corrected chi connectivity index (χ1v) is 3.99. The van der Waals surface area contributed by atoms with E-state index >= 15 is 0 Å². The van der Waals surface area contributed by atoms with Crippen molar-refractivity contribution < 1.29 is 23.1 Å². The Morgan fingerprint density at radius 2 is 2.00 bits per heavy atom. The smallest absolute Gasteiger partial charge is 0.408 e. The molecule has 1 N–H and O–H groups in total. The van der Waals surface area contributed by atoms with Crippen molar-refractivity contribution >= 4 is 6.09 Å². The van der Waals surface area contributed by atoms with Gasteiger partial charge in [0.25, 0.3) is 0 Å². The fourth-order valence-electron chi connectivity index (χ4n) is 1.50. The highest BCUT2D eigenvalue weighted by molar-refractivity contribution is 5.65. The van der Waals surface area contributed by atoms with Crippen LogP contribution in [0.2, 0.25) is 0 Å². The van der Waals surface area contributed by atoms with Gasteiger partial charge in [-0.1, -0.05) is 0 Å². The van der Waals surface area contributed by atoms with Gasteiger partial charge in [0.1, 0.15) is 6.04 Å². The molecule has 6 heteroatoms. The highest BCUT2D eigenvalue weighted by atomic mass is 19.4. The van der Waals surface area contributed by atoms with Gasteiger partial charge in [-0.25, -0.2) is 4.79 Å². The number of rotatable bonds is 0. The van der Waals surface area contributed by atoms with E-state index in [2.05, 4.69) is 0 Å². The molecule has 0 aromatic carbocycles. The minimum atomic E-state index is -4.43. The number of carbonyl (C=O) groups is 1. The average molecular weight is 197 g/mol. The predicted molar refractivity (Wildman–Crippen MR) is 38.4 cm³/mol. The average Bonchev–Trinajstić information content (AvgIpc) is 2.03. The van der Waals surface area contributed by atoms with Gasteiger partial charge >= 0.3 is 12.3 Å². The lowest BCUT2D eigenvalue weighted by Crippen LogP contribution is -2.50. The molecule has 1 rings (SSSR count). The summed E-state index contributed by atoms with van der Waals surface area (Å²) in [6.45, 7) is -0.0144. The summed E-state index contributed by atoms with van der Waals surface area (Å²) >= 11 is 0. The van der Waals surface area contributed by atoms with E-state index in [1.165, 1.54) is 0 Å². The number of amides is 1. The van der Waals surface area contributed by atoms with Gasteiger partial charge in [0, 0.05) is 6.54 Å². The third kappa shape index (κ3) is 2.26. The Morgan fingerprint density at radius 1 is 1.38 bits per heavy atom. The lowest BCUT2D eigenvalue weighted by molar-refractivity contribution is -0.184. The second-order valence-electron chi connectivity index (χ2n) is 3.03. The molecule has 1 fully saturated rings. The molecule has 3 nitrogen and oxygen atoms in total. The minimum absolute atomic E-state index is 0.0144. The SMILES string of the molecule is O=C(O)N1CCCC[C@H]1C(F)(F)F. The number of nitrogens with zero attached hydrogens (tertiary/aromatic N) is 1. The molecular formula is C7H10F3NO2. The Labute approximate surface area is 73.1 Å². The van der Waals surface area contributed by atoms with Crippen LogP contribution in [0.15, 0.2) is 0 Å².